The average Bonchev–Trinajstić information content (AvgIpc) is 3.03. The van der Waals surface area contributed by atoms with E-state index in [0.717, 1.165) is 23.6 Å². The summed E-state index contributed by atoms with van der Waals surface area (Å²) < 4.78 is 11.0. The van der Waals surface area contributed by atoms with Crippen LogP contribution in [0.3, 0.4) is 0 Å². The van der Waals surface area contributed by atoms with Crippen LogP contribution >= 0.6 is 0 Å². The number of hydrogen-bond donors (Lipinski definition) is 2. The van der Waals surface area contributed by atoms with Crippen molar-refractivity contribution in [2.45, 2.75) is 32.0 Å². The van der Waals surface area contributed by atoms with Gasteiger partial charge >= 0.3 is 11.9 Å². The van der Waals surface area contributed by atoms with Crippen LogP contribution in [0.4, 0.5) is 0 Å². The lowest BCUT2D eigenvalue weighted by Crippen LogP contribution is -2.36. The first-order valence-electron chi connectivity index (χ1n) is 8.30. The highest BCUT2D eigenvalue weighted by molar-refractivity contribution is 5.91. The Hall–Kier alpha value is -2.34. The van der Waals surface area contributed by atoms with Gasteiger partial charge in [-0.3, -0.25) is 0 Å². The van der Waals surface area contributed by atoms with E-state index in [1.807, 2.05) is 6.92 Å². The number of esters is 2. The van der Waals surface area contributed by atoms with E-state index in [1.54, 1.807) is 0 Å². The van der Waals surface area contributed by atoms with Gasteiger partial charge in [0.2, 0.25) is 0 Å². The number of carbonyl (C=O) groups excluding carboxylic acids is 2. The smallest absolute Gasteiger partial charge is 0.373 e. The number of fused-ring (bicyclic) bond motifs is 3. The van der Waals surface area contributed by atoms with Crippen molar-refractivity contribution in [3.63, 3.8) is 0 Å². The second-order valence-corrected chi connectivity index (χ2v) is 6.82. The van der Waals surface area contributed by atoms with Gasteiger partial charge in [-0.15, -0.1) is 0 Å². The molecule has 3 rings (SSSR count). The Morgan fingerprint density at radius 2 is 2.16 bits per heavy atom. The summed E-state index contributed by atoms with van der Waals surface area (Å²) in [5, 5.41) is 18.4. The average molecular weight is 346 g/mol. The number of ether oxygens (including phenoxy) is 2. The van der Waals surface area contributed by atoms with Gasteiger partial charge in [0.15, 0.2) is 5.76 Å². The fourth-order valence-electron chi connectivity index (χ4n) is 4.18. The summed E-state index contributed by atoms with van der Waals surface area (Å²) in [5.41, 5.74) is 2.35. The number of rotatable bonds is 3. The summed E-state index contributed by atoms with van der Waals surface area (Å²) in [5.74, 6) is -2.43. The molecular formula is C19H22O6. The summed E-state index contributed by atoms with van der Waals surface area (Å²) >= 11 is 0. The number of hydrogen-bond acceptors (Lipinski definition) is 6. The molecule has 0 bridgehead atoms. The van der Waals surface area contributed by atoms with Crippen LogP contribution < -0.4 is 0 Å². The summed E-state index contributed by atoms with van der Waals surface area (Å²) in [7, 11) is 0. The van der Waals surface area contributed by atoms with Gasteiger partial charge in [-0.2, -0.15) is 0 Å². The molecule has 0 radical (unpaired) electrons. The topological polar surface area (TPSA) is 93.1 Å². The molecule has 1 saturated carbocycles. The maximum atomic E-state index is 12.1. The molecule has 134 valence electrons. The van der Waals surface area contributed by atoms with Crippen molar-refractivity contribution in [3.05, 3.63) is 47.8 Å². The zero-order valence-electron chi connectivity index (χ0n) is 14.1. The summed E-state index contributed by atoms with van der Waals surface area (Å²) in [6, 6.07) is 0. The minimum atomic E-state index is -0.947. The highest BCUT2D eigenvalue weighted by atomic mass is 16.6. The molecule has 6 heteroatoms. The normalized spacial score (nSPS) is 34.8. The summed E-state index contributed by atoms with van der Waals surface area (Å²) in [4.78, 5) is 24.2. The molecule has 1 saturated heterocycles. The van der Waals surface area contributed by atoms with E-state index in [4.69, 9.17) is 14.6 Å². The minimum absolute atomic E-state index is 0.00554. The Bertz CT molecular complexity index is 701. The van der Waals surface area contributed by atoms with Gasteiger partial charge in [0.05, 0.1) is 12.5 Å². The van der Waals surface area contributed by atoms with Gasteiger partial charge in [-0.05, 0) is 25.3 Å². The Labute approximate surface area is 146 Å². The minimum Gasteiger partial charge on any atom is -0.502 e. The highest BCUT2D eigenvalue weighted by Crippen LogP contribution is 2.50. The maximum absolute atomic E-state index is 12.1. The number of aliphatic hydroxyl groups is 2. The third kappa shape index (κ3) is 2.91. The molecule has 2 fully saturated rings. The third-order valence-electron chi connectivity index (χ3n) is 5.41. The van der Waals surface area contributed by atoms with E-state index in [0.29, 0.717) is 6.42 Å². The van der Waals surface area contributed by atoms with Gasteiger partial charge in [-0.25, -0.2) is 9.59 Å². The summed E-state index contributed by atoms with van der Waals surface area (Å²) in [6.45, 7) is 9.51. The van der Waals surface area contributed by atoms with Gasteiger partial charge in [-0.1, -0.05) is 30.4 Å². The Balaban J connectivity index is 1.93. The molecular weight excluding hydrogens is 324 g/mol. The van der Waals surface area contributed by atoms with E-state index in [1.165, 1.54) is 0 Å². The lowest BCUT2D eigenvalue weighted by atomic mass is 9.80. The molecule has 0 aromatic rings. The van der Waals surface area contributed by atoms with Crippen LogP contribution in [-0.4, -0.2) is 41.0 Å². The quantitative estimate of drug-likeness (QED) is 0.351. The van der Waals surface area contributed by atoms with Crippen LogP contribution in [0.15, 0.2) is 47.8 Å². The molecule has 0 spiro atoms. The van der Waals surface area contributed by atoms with Crippen molar-refractivity contribution < 1.29 is 29.3 Å². The molecule has 25 heavy (non-hydrogen) atoms. The molecule has 2 N–H and O–H groups in total. The first kappa shape index (κ1) is 17.5. The zero-order chi connectivity index (χ0) is 18.3. The first-order chi connectivity index (χ1) is 11.8. The van der Waals surface area contributed by atoms with Gasteiger partial charge in [0.1, 0.15) is 12.2 Å². The number of aliphatic hydroxyl groups excluding tert-OH is 2. The highest BCUT2D eigenvalue weighted by Gasteiger charge is 2.54. The maximum Gasteiger partial charge on any atom is 0.373 e. The van der Waals surface area contributed by atoms with Crippen molar-refractivity contribution in [2.75, 3.05) is 6.61 Å². The van der Waals surface area contributed by atoms with Gasteiger partial charge in [0, 0.05) is 17.9 Å². The van der Waals surface area contributed by atoms with Crippen LogP contribution in [0.2, 0.25) is 0 Å². The molecule has 0 amide bonds. The van der Waals surface area contributed by atoms with E-state index in [2.05, 4.69) is 19.2 Å². The molecule has 6 nitrogen and oxygen atoms in total. The SMILES string of the molecule is C=C1C(=O)O[C@@H]2[C@H]3C(C)=CC[C@H]3C(=C)C[C@@H](OC(=O)/C(O)=C/CO)[C@@H]12. The van der Waals surface area contributed by atoms with Crippen LogP contribution in [0, 0.1) is 17.8 Å². The van der Waals surface area contributed by atoms with Gasteiger partial charge in [0.25, 0.3) is 0 Å². The van der Waals surface area contributed by atoms with Crippen LogP contribution in [0.5, 0.6) is 0 Å². The first-order valence-corrected chi connectivity index (χ1v) is 8.30. The zero-order valence-corrected chi connectivity index (χ0v) is 14.1. The fraction of sp³-hybridized carbons (Fsp3) is 0.474. The lowest BCUT2D eigenvalue weighted by Gasteiger charge is -2.28. The molecule has 1 heterocycles. The molecule has 3 aliphatic rings. The Kier molecular flexibility index (Phi) is 4.56. The standard InChI is InChI=1S/C19H22O6/c1-9-4-5-12-10(2)8-14(24-19(23)13(21)6-7-20)16-11(3)18(22)25-17(16)15(9)12/h4,6,12,14-17,20-21H,2-3,5,7-8H2,1H3/b13-6-/t12-,14+,15-,16+,17+/m0/s1. The molecule has 1 aliphatic heterocycles. The molecule has 2 aliphatic carbocycles. The number of allylic oxidation sites excluding steroid dienone is 1. The van der Waals surface area contributed by atoms with Crippen LogP contribution in [0.1, 0.15) is 19.8 Å². The molecule has 5 atom stereocenters. The van der Waals surface area contributed by atoms with Crippen molar-refractivity contribution >= 4 is 11.9 Å². The van der Waals surface area contributed by atoms with Crippen molar-refractivity contribution in [2.24, 2.45) is 17.8 Å². The van der Waals surface area contributed by atoms with E-state index < -0.39 is 42.4 Å². The third-order valence-corrected chi connectivity index (χ3v) is 5.41. The van der Waals surface area contributed by atoms with Crippen molar-refractivity contribution in [1.29, 1.82) is 0 Å². The fourth-order valence-corrected chi connectivity index (χ4v) is 4.18. The largest absolute Gasteiger partial charge is 0.502 e. The lowest BCUT2D eigenvalue weighted by molar-refractivity contribution is -0.151. The van der Waals surface area contributed by atoms with E-state index in [-0.39, 0.29) is 17.4 Å². The molecule has 0 aromatic heterocycles. The van der Waals surface area contributed by atoms with Crippen molar-refractivity contribution in [3.8, 4) is 0 Å². The second-order valence-electron chi connectivity index (χ2n) is 6.82. The predicted molar refractivity (Wildman–Crippen MR) is 89.3 cm³/mol. The van der Waals surface area contributed by atoms with Crippen LogP contribution in [-0.2, 0) is 19.1 Å². The van der Waals surface area contributed by atoms with Gasteiger partial charge < -0.3 is 19.7 Å². The Morgan fingerprint density at radius 3 is 2.84 bits per heavy atom. The van der Waals surface area contributed by atoms with Crippen LogP contribution in [0.25, 0.3) is 0 Å². The van der Waals surface area contributed by atoms with E-state index in [9.17, 15) is 14.7 Å². The molecule has 0 unspecified atom stereocenters. The van der Waals surface area contributed by atoms with Crippen molar-refractivity contribution in [1.82, 2.24) is 0 Å². The predicted octanol–water partition coefficient (Wildman–Crippen LogP) is 1.97. The van der Waals surface area contributed by atoms with E-state index >= 15 is 0 Å². The summed E-state index contributed by atoms with van der Waals surface area (Å²) in [6.07, 6.45) is 3.13. The monoisotopic (exact) mass is 346 g/mol. The Morgan fingerprint density at radius 1 is 1.44 bits per heavy atom. The molecule has 0 aromatic carbocycles. The second kappa shape index (κ2) is 6.52. The number of carbonyl (C=O) groups is 2.